The fourth-order valence-electron chi connectivity index (χ4n) is 1.63. The summed E-state index contributed by atoms with van der Waals surface area (Å²) >= 11 is 0. The standard InChI is InChI=1S/C13H17F2N3O3/c1-8(11(19)17-13(16)20)18(2)7-9-3-5-10(6-4-9)21-12(14)15/h3-6,8,12H,7H2,1-2H3,(H3,16,17,19,20)/t8-/m1/s1. The number of urea groups is 1. The van der Waals surface area contributed by atoms with Gasteiger partial charge in [0, 0.05) is 6.54 Å². The van der Waals surface area contributed by atoms with Crippen LogP contribution in [0.3, 0.4) is 0 Å². The zero-order valence-corrected chi connectivity index (χ0v) is 11.7. The third kappa shape index (κ3) is 5.74. The minimum Gasteiger partial charge on any atom is -0.435 e. The Morgan fingerprint density at radius 1 is 1.33 bits per heavy atom. The lowest BCUT2D eigenvalue weighted by molar-refractivity contribution is -0.124. The van der Waals surface area contributed by atoms with Gasteiger partial charge in [-0.05, 0) is 31.7 Å². The number of halogens is 2. The van der Waals surface area contributed by atoms with E-state index in [1.807, 2.05) is 5.32 Å². The minimum absolute atomic E-state index is 0.0657. The lowest BCUT2D eigenvalue weighted by atomic mass is 10.2. The highest BCUT2D eigenvalue weighted by atomic mass is 19.3. The van der Waals surface area contributed by atoms with Crippen molar-refractivity contribution >= 4 is 11.9 Å². The normalized spacial score (nSPS) is 12.3. The van der Waals surface area contributed by atoms with Gasteiger partial charge in [-0.2, -0.15) is 8.78 Å². The summed E-state index contributed by atoms with van der Waals surface area (Å²) in [5, 5.41) is 1.99. The van der Waals surface area contributed by atoms with Gasteiger partial charge < -0.3 is 10.5 Å². The highest BCUT2D eigenvalue weighted by Gasteiger charge is 2.19. The number of nitrogens with one attached hydrogen (secondary N) is 1. The van der Waals surface area contributed by atoms with Crippen LogP contribution in [-0.2, 0) is 11.3 Å². The fourth-order valence-corrected chi connectivity index (χ4v) is 1.63. The Hall–Kier alpha value is -2.22. The topological polar surface area (TPSA) is 84.7 Å². The van der Waals surface area contributed by atoms with Gasteiger partial charge in [0.25, 0.3) is 0 Å². The first kappa shape index (κ1) is 16.8. The third-order valence-electron chi connectivity index (χ3n) is 2.87. The van der Waals surface area contributed by atoms with Gasteiger partial charge >= 0.3 is 12.6 Å². The molecule has 0 fully saturated rings. The van der Waals surface area contributed by atoms with Crippen molar-refractivity contribution in [2.75, 3.05) is 7.05 Å². The van der Waals surface area contributed by atoms with Gasteiger partial charge in [-0.25, -0.2) is 4.79 Å². The van der Waals surface area contributed by atoms with Crippen molar-refractivity contribution in [3.63, 3.8) is 0 Å². The molecule has 21 heavy (non-hydrogen) atoms. The zero-order chi connectivity index (χ0) is 16.0. The molecule has 6 nitrogen and oxygen atoms in total. The number of amides is 3. The summed E-state index contributed by atoms with van der Waals surface area (Å²) in [5.41, 5.74) is 5.68. The molecule has 116 valence electrons. The summed E-state index contributed by atoms with van der Waals surface area (Å²) in [4.78, 5) is 23.9. The number of likely N-dealkylation sites (N-methyl/N-ethyl adjacent to an activating group) is 1. The second kappa shape index (κ2) is 7.53. The number of primary amides is 1. The summed E-state index contributed by atoms with van der Waals surface area (Å²) < 4.78 is 28.3. The van der Waals surface area contributed by atoms with Crippen molar-refractivity contribution in [3.05, 3.63) is 29.8 Å². The van der Waals surface area contributed by atoms with E-state index in [0.717, 1.165) is 5.56 Å². The van der Waals surface area contributed by atoms with Crippen LogP contribution in [0.1, 0.15) is 12.5 Å². The Bertz CT molecular complexity index is 494. The highest BCUT2D eigenvalue weighted by molar-refractivity contribution is 5.96. The summed E-state index contributed by atoms with van der Waals surface area (Å²) in [6.07, 6.45) is 0. The van der Waals surface area contributed by atoms with Crippen LogP contribution in [0.4, 0.5) is 13.6 Å². The van der Waals surface area contributed by atoms with Gasteiger partial charge in [-0.15, -0.1) is 0 Å². The molecule has 0 heterocycles. The number of hydrogen-bond donors (Lipinski definition) is 2. The molecule has 0 unspecified atom stereocenters. The minimum atomic E-state index is -2.86. The Balaban J connectivity index is 2.59. The van der Waals surface area contributed by atoms with E-state index in [1.54, 1.807) is 31.0 Å². The van der Waals surface area contributed by atoms with E-state index in [2.05, 4.69) is 4.74 Å². The molecular formula is C13H17F2N3O3. The molecule has 3 N–H and O–H groups in total. The third-order valence-corrected chi connectivity index (χ3v) is 2.87. The lowest BCUT2D eigenvalue weighted by Gasteiger charge is -2.23. The lowest BCUT2D eigenvalue weighted by Crippen LogP contribution is -2.46. The Kier molecular flexibility index (Phi) is 6.04. The van der Waals surface area contributed by atoms with Crippen molar-refractivity contribution in [2.45, 2.75) is 26.1 Å². The van der Waals surface area contributed by atoms with E-state index in [0.29, 0.717) is 6.54 Å². The van der Waals surface area contributed by atoms with Crippen LogP contribution >= 0.6 is 0 Å². The van der Waals surface area contributed by atoms with Crippen LogP contribution < -0.4 is 15.8 Å². The predicted octanol–water partition coefficient (Wildman–Crippen LogP) is 1.30. The monoisotopic (exact) mass is 301 g/mol. The van der Waals surface area contributed by atoms with Gasteiger partial charge in [0.15, 0.2) is 0 Å². The molecule has 0 radical (unpaired) electrons. The number of nitrogens with two attached hydrogens (primary N) is 1. The molecule has 0 aliphatic carbocycles. The van der Waals surface area contributed by atoms with E-state index in [-0.39, 0.29) is 5.75 Å². The van der Waals surface area contributed by atoms with Gasteiger partial charge in [0.2, 0.25) is 5.91 Å². The first-order chi connectivity index (χ1) is 9.79. The van der Waals surface area contributed by atoms with E-state index in [1.165, 1.54) is 12.1 Å². The SMILES string of the molecule is C[C@H](C(=O)NC(N)=O)N(C)Cc1ccc(OC(F)F)cc1. The molecule has 1 atom stereocenters. The van der Waals surface area contributed by atoms with Gasteiger partial charge in [-0.1, -0.05) is 12.1 Å². The van der Waals surface area contributed by atoms with E-state index >= 15 is 0 Å². The molecular weight excluding hydrogens is 284 g/mol. The Morgan fingerprint density at radius 3 is 2.38 bits per heavy atom. The van der Waals surface area contributed by atoms with Crippen LogP contribution in [0, 0.1) is 0 Å². The number of carbonyl (C=O) groups is 2. The predicted molar refractivity (Wildman–Crippen MR) is 71.7 cm³/mol. The number of benzene rings is 1. The Morgan fingerprint density at radius 2 is 1.90 bits per heavy atom. The second-order valence-electron chi connectivity index (χ2n) is 4.47. The van der Waals surface area contributed by atoms with E-state index in [9.17, 15) is 18.4 Å². The summed E-state index contributed by atoms with van der Waals surface area (Å²) in [6, 6.07) is 4.59. The number of carbonyl (C=O) groups excluding carboxylic acids is 2. The van der Waals surface area contributed by atoms with Crippen molar-refractivity contribution < 1.29 is 23.1 Å². The number of alkyl halides is 2. The molecule has 0 saturated heterocycles. The van der Waals surface area contributed by atoms with E-state index < -0.39 is 24.6 Å². The average molecular weight is 301 g/mol. The first-order valence-corrected chi connectivity index (χ1v) is 6.14. The summed E-state index contributed by atoms with van der Waals surface area (Å²) in [6.45, 7) is -0.856. The van der Waals surface area contributed by atoms with Gasteiger partial charge in [0.05, 0.1) is 6.04 Å². The fraction of sp³-hybridized carbons (Fsp3) is 0.385. The number of hydrogen-bond acceptors (Lipinski definition) is 4. The molecule has 8 heteroatoms. The van der Waals surface area contributed by atoms with Gasteiger partial charge in [-0.3, -0.25) is 15.0 Å². The molecule has 0 saturated carbocycles. The Labute approximate surface area is 120 Å². The molecule has 0 aromatic heterocycles. The maximum absolute atomic E-state index is 12.0. The second-order valence-corrected chi connectivity index (χ2v) is 4.47. The van der Waals surface area contributed by atoms with Gasteiger partial charge in [0.1, 0.15) is 5.75 Å². The zero-order valence-electron chi connectivity index (χ0n) is 11.7. The number of ether oxygens (including phenoxy) is 1. The summed E-state index contributed by atoms with van der Waals surface area (Å²) in [5.74, 6) is -0.446. The number of nitrogens with zero attached hydrogens (tertiary/aromatic N) is 1. The smallest absolute Gasteiger partial charge is 0.387 e. The number of rotatable bonds is 6. The van der Waals surface area contributed by atoms with Crippen molar-refractivity contribution in [2.24, 2.45) is 5.73 Å². The van der Waals surface area contributed by atoms with Crippen LogP contribution in [0.2, 0.25) is 0 Å². The summed E-state index contributed by atoms with van der Waals surface area (Å²) in [7, 11) is 1.69. The van der Waals surface area contributed by atoms with Crippen molar-refractivity contribution in [1.82, 2.24) is 10.2 Å². The molecule has 1 aromatic rings. The number of imide groups is 1. The van der Waals surface area contributed by atoms with Crippen LogP contribution in [0.15, 0.2) is 24.3 Å². The van der Waals surface area contributed by atoms with Crippen molar-refractivity contribution in [1.29, 1.82) is 0 Å². The van der Waals surface area contributed by atoms with E-state index in [4.69, 9.17) is 5.73 Å². The van der Waals surface area contributed by atoms with Crippen molar-refractivity contribution in [3.8, 4) is 5.75 Å². The molecule has 3 amide bonds. The quantitative estimate of drug-likeness (QED) is 0.829. The largest absolute Gasteiger partial charge is 0.435 e. The van der Waals surface area contributed by atoms with Crippen LogP contribution in [-0.4, -0.2) is 36.5 Å². The molecule has 0 bridgehead atoms. The maximum atomic E-state index is 12.0. The molecule has 0 aliphatic rings. The molecule has 1 rings (SSSR count). The van der Waals surface area contributed by atoms with Crippen LogP contribution in [0.25, 0.3) is 0 Å². The average Bonchev–Trinajstić information content (AvgIpc) is 2.38. The molecule has 0 spiro atoms. The first-order valence-electron chi connectivity index (χ1n) is 6.14. The molecule has 1 aromatic carbocycles. The van der Waals surface area contributed by atoms with Crippen LogP contribution in [0.5, 0.6) is 5.75 Å². The highest BCUT2D eigenvalue weighted by Crippen LogP contribution is 2.16. The molecule has 0 aliphatic heterocycles. The maximum Gasteiger partial charge on any atom is 0.387 e.